The molecule has 1 heterocycles. The lowest BCUT2D eigenvalue weighted by Crippen LogP contribution is -2.12. The SMILES string of the molecule is CCn1nccc1C(=O)CSC1CCCC1. The van der Waals surface area contributed by atoms with E-state index in [1.165, 1.54) is 25.7 Å². The minimum absolute atomic E-state index is 0.219. The summed E-state index contributed by atoms with van der Waals surface area (Å²) < 4.78 is 1.78. The van der Waals surface area contributed by atoms with Crippen molar-refractivity contribution in [3.8, 4) is 0 Å². The van der Waals surface area contributed by atoms with Crippen molar-refractivity contribution in [2.75, 3.05) is 5.75 Å². The highest BCUT2D eigenvalue weighted by Crippen LogP contribution is 2.29. The molecule has 0 N–H and O–H groups in total. The van der Waals surface area contributed by atoms with Crippen LogP contribution in [0.25, 0.3) is 0 Å². The lowest BCUT2D eigenvalue weighted by atomic mass is 10.3. The van der Waals surface area contributed by atoms with Gasteiger partial charge in [0.1, 0.15) is 5.69 Å². The predicted molar refractivity (Wildman–Crippen MR) is 66.9 cm³/mol. The zero-order valence-electron chi connectivity index (χ0n) is 9.69. The van der Waals surface area contributed by atoms with Crippen LogP contribution < -0.4 is 0 Å². The Morgan fingerprint density at radius 2 is 2.31 bits per heavy atom. The van der Waals surface area contributed by atoms with Crippen LogP contribution in [0.4, 0.5) is 0 Å². The van der Waals surface area contributed by atoms with E-state index in [9.17, 15) is 4.79 Å². The quantitative estimate of drug-likeness (QED) is 0.740. The van der Waals surface area contributed by atoms with Crippen LogP contribution in [0, 0.1) is 0 Å². The van der Waals surface area contributed by atoms with Crippen molar-refractivity contribution in [1.82, 2.24) is 9.78 Å². The van der Waals surface area contributed by atoms with E-state index in [-0.39, 0.29) is 5.78 Å². The van der Waals surface area contributed by atoms with E-state index in [4.69, 9.17) is 0 Å². The molecular formula is C12H18N2OS. The van der Waals surface area contributed by atoms with Crippen molar-refractivity contribution in [3.63, 3.8) is 0 Å². The van der Waals surface area contributed by atoms with Gasteiger partial charge >= 0.3 is 0 Å². The molecule has 0 amide bonds. The van der Waals surface area contributed by atoms with Crippen LogP contribution >= 0.6 is 11.8 Å². The zero-order valence-corrected chi connectivity index (χ0v) is 10.5. The smallest absolute Gasteiger partial charge is 0.190 e. The number of rotatable bonds is 5. The van der Waals surface area contributed by atoms with Crippen LogP contribution in [-0.4, -0.2) is 26.6 Å². The second-order valence-electron chi connectivity index (χ2n) is 4.17. The molecule has 1 aliphatic rings. The Labute approximate surface area is 101 Å². The molecule has 1 aliphatic carbocycles. The van der Waals surface area contributed by atoms with Crippen molar-refractivity contribution in [3.05, 3.63) is 18.0 Å². The maximum atomic E-state index is 12.0. The Morgan fingerprint density at radius 1 is 1.56 bits per heavy atom. The molecule has 0 aromatic carbocycles. The Balaban J connectivity index is 1.87. The summed E-state index contributed by atoms with van der Waals surface area (Å²) in [4.78, 5) is 12.0. The van der Waals surface area contributed by atoms with E-state index in [0.29, 0.717) is 11.0 Å². The number of ketones is 1. The van der Waals surface area contributed by atoms with Gasteiger partial charge in [0.05, 0.1) is 5.75 Å². The largest absolute Gasteiger partial charge is 0.292 e. The molecule has 0 saturated heterocycles. The monoisotopic (exact) mass is 238 g/mol. The number of carbonyl (C=O) groups is 1. The summed E-state index contributed by atoms with van der Waals surface area (Å²) >= 11 is 1.82. The number of hydrogen-bond acceptors (Lipinski definition) is 3. The standard InChI is InChI=1S/C12H18N2OS/c1-2-14-11(7-8-13-14)12(15)9-16-10-5-3-4-6-10/h7-8,10H,2-6,9H2,1H3. The number of carbonyl (C=O) groups excluding carboxylic acids is 1. The van der Waals surface area contributed by atoms with Gasteiger partial charge in [-0.05, 0) is 25.8 Å². The normalized spacial score (nSPS) is 16.8. The molecule has 1 fully saturated rings. The molecule has 1 aromatic rings. The molecule has 0 atom stereocenters. The molecule has 4 heteroatoms. The summed E-state index contributed by atoms with van der Waals surface area (Å²) in [5.41, 5.74) is 0.757. The van der Waals surface area contributed by atoms with Crippen LogP contribution in [-0.2, 0) is 6.54 Å². The fourth-order valence-corrected chi connectivity index (χ4v) is 3.35. The summed E-state index contributed by atoms with van der Waals surface area (Å²) in [6.45, 7) is 2.77. The molecule has 2 rings (SSSR count). The highest BCUT2D eigenvalue weighted by Gasteiger charge is 2.18. The number of hydrogen-bond donors (Lipinski definition) is 0. The Kier molecular flexibility index (Phi) is 4.04. The third-order valence-electron chi connectivity index (χ3n) is 3.05. The molecule has 0 spiro atoms. The highest BCUT2D eigenvalue weighted by atomic mass is 32.2. The van der Waals surface area contributed by atoms with Gasteiger partial charge in [-0.3, -0.25) is 9.48 Å². The van der Waals surface area contributed by atoms with Gasteiger partial charge in [-0.25, -0.2) is 0 Å². The molecule has 1 aromatic heterocycles. The van der Waals surface area contributed by atoms with Gasteiger partial charge in [0.15, 0.2) is 5.78 Å². The number of nitrogens with zero attached hydrogens (tertiary/aromatic N) is 2. The molecule has 3 nitrogen and oxygen atoms in total. The topological polar surface area (TPSA) is 34.9 Å². The third-order valence-corrected chi connectivity index (χ3v) is 4.43. The Bertz CT molecular complexity index is 356. The number of Topliss-reactive ketones (excluding diaryl/α,β-unsaturated/α-hetero) is 1. The van der Waals surface area contributed by atoms with Gasteiger partial charge in [-0.15, -0.1) is 0 Å². The molecule has 0 aliphatic heterocycles. The first-order valence-electron chi connectivity index (χ1n) is 5.98. The number of thioether (sulfide) groups is 1. The summed E-state index contributed by atoms with van der Waals surface area (Å²) in [7, 11) is 0. The predicted octanol–water partition coefficient (Wildman–Crippen LogP) is 2.76. The summed E-state index contributed by atoms with van der Waals surface area (Å²) in [6.07, 6.45) is 6.93. The van der Waals surface area contributed by atoms with Crippen molar-refractivity contribution >= 4 is 17.5 Å². The van der Waals surface area contributed by atoms with Crippen LogP contribution in [0.15, 0.2) is 12.3 Å². The van der Waals surface area contributed by atoms with E-state index in [2.05, 4.69) is 5.10 Å². The fourth-order valence-electron chi connectivity index (χ4n) is 2.14. The van der Waals surface area contributed by atoms with Crippen molar-refractivity contribution in [2.45, 2.75) is 44.4 Å². The minimum atomic E-state index is 0.219. The Morgan fingerprint density at radius 3 is 3.00 bits per heavy atom. The lowest BCUT2D eigenvalue weighted by Gasteiger charge is -2.08. The first kappa shape index (κ1) is 11.7. The van der Waals surface area contributed by atoms with E-state index in [1.807, 2.05) is 24.8 Å². The lowest BCUT2D eigenvalue weighted by molar-refractivity contribution is 0.101. The summed E-state index contributed by atoms with van der Waals surface area (Å²) in [6, 6.07) is 1.82. The summed E-state index contributed by atoms with van der Waals surface area (Å²) in [5.74, 6) is 0.826. The molecule has 0 bridgehead atoms. The second kappa shape index (κ2) is 5.53. The van der Waals surface area contributed by atoms with Crippen LogP contribution in [0.1, 0.15) is 43.1 Å². The van der Waals surface area contributed by atoms with Crippen LogP contribution in [0.5, 0.6) is 0 Å². The maximum Gasteiger partial charge on any atom is 0.190 e. The van der Waals surface area contributed by atoms with Gasteiger partial charge in [-0.1, -0.05) is 12.8 Å². The Hall–Kier alpha value is -0.770. The van der Waals surface area contributed by atoms with E-state index < -0.39 is 0 Å². The molecule has 88 valence electrons. The average Bonchev–Trinajstić information content (AvgIpc) is 2.96. The molecule has 1 saturated carbocycles. The van der Waals surface area contributed by atoms with E-state index in [1.54, 1.807) is 10.9 Å². The molecule has 16 heavy (non-hydrogen) atoms. The number of aryl methyl sites for hydroxylation is 1. The third kappa shape index (κ3) is 2.67. The first-order valence-corrected chi connectivity index (χ1v) is 7.02. The number of aromatic nitrogens is 2. The van der Waals surface area contributed by atoms with Gasteiger partial charge in [-0.2, -0.15) is 16.9 Å². The molecule has 0 radical (unpaired) electrons. The van der Waals surface area contributed by atoms with Gasteiger partial charge in [0.2, 0.25) is 0 Å². The average molecular weight is 238 g/mol. The van der Waals surface area contributed by atoms with E-state index in [0.717, 1.165) is 12.2 Å². The van der Waals surface area contributed by atoms with Gasteiger partial charge in [0, 0.05) is 18.0 Å². The van der Waals surface area contributed by atoms with Crippen LogP contribution in [0.2, 0.25) is 0 Å². The van der Waals surface area contributed by atoms with Crippen molar-refractivity contribution in [1.29, 1.82) is 0 Å². The van der Waals surface area contributed by atoms with E-state index >= 15 is 0 Å². The maximum absolute atomic E-state index is 12.0. The fraction of sp³-hybridized carbons (Fsp3) is 0.667. The summed E-state index contributed by atoms with van der Waals surface area (Å²) in [5, 5.41) is 4.83. The van der Waals surface area contributed by atoms with Crippen molar-refractivity contribution in [2.24, 2.45) is 0 Å². The first-order chi connectivity index (χ1) is 7.81. The second-order valence-corrected chi connectivity index (χ2v) is 5.46. The molecule has 0 unspecified atom stereocenters. The van der Waals surface area contributed by atoms with Crippen molar-refractivity contribution < 1.29 is 4.79 Å². The van der Waals surface area contributed by atoms with Crippen LogP contribution in [0.3, 0.4) is 0 Å². The molecular weight excluding hydrogens is 220 g/mol. The van der Waals surface area contributed by atoms with Gasteiger partial charge < -0.3 is 0 Å². The highest BCUT2D eigenvalue weighted by molar-refractivity contribution is 8.00. The zero-order chi connectivity index (χ0) is 11.4. The minimum Gasteiger partial charge on any atom is -0.292 e. The van der Waals surface area contributed by atoms with Gasteiger partial charge in [0.25, 0.3) is 0 Å².